The summed E-state index contributed by atoms with van der Waals surface area (Å²) in [6.07, 6.45) is 2.43. The number of primary amides is 1. The minimum absolute atomic E-state index is 0.0863. The molecule has 1 aliphatic carbocycles. The maximum absolute atomic E-state index is 12.7. The van der Waals surface area contributed by atoms with E-state index in [1.165, 1.54) is 11.8 Å². The molecule has 160 valence electrons. The molecule has 2 aromatic rings. The first-order valence-electron chi connectivity index (χ1n) is 10.1. The lowest BCUT2D eigenvalue weighted by atomic mass is 10.2. The number of halogens is 1. The van der Waals surface area contributed by atoms with Gasteiger partial charge < -0.3 is 20.1 Å². The van der Waals surface area contributed by atoms with Crippen LogP contribution in [0.3, 0.4) is 0 Å². The van der Waals surface area contributed by atoms with E-state index in [0.29, 0.717) is 41.5 Å². The zero-order valence-electron chi connectivity index (χ0n) is 16.7. The van der Waals surface area contributed by atoms with Crippen molar-refractivity contribution in [3.63, 3.8) is 0 Å². The van der Waals surface area contributed by atoms with Gasteiger partial charge in [0.15, 0.2) is 5.16 Å². The summed E-state index contributed by atoms with van der Waals surface area (Å²) in [5.74, 6) is 1.35. The van der Waals surface area contributed by atoms with Gasteiger partial charge in [0.2, 0.25) is 11.8 Å². The number of nitrogens with zero attached hydrogens (tertiary/aromatic N) is 5. The summed E-state index contributed by atoms with van der Waals surface area (Å²) in [6, 6.07) is 7.79. The Balaban J connectivity index is 1.31. The largest absolute Gasteiger partial charge is 0.370 e. The first-order chi connectivity index (χ1) is 14.5. The Labute approximate surface area is 184 Å². The molecule has 1 saturated heterocycles. The average Bonchev–Trinajstić information content (AvgIpc) is 3.51. The normalized spacial score (nSPS) is 16.7. The fourth-order valence-electron chi connectivity index (χ4n) is 3.59. The minimum Gasteiger partial charge on any atom is -0.370 e. The van der Waals surface area contributed by atoms with E-state index in [1.54, 1.807) is 0 Å². The van der Waals surface area contributed by atoms with Crippen LogP contribution in [-0.4, -0.2) is 63.4 Å². The third-order valence-corrected chi connectivity index (χ3v) is 6.59. The lowest BCUT2D eigenvalue weighted by Crippen LogP contribution is -2.49. The molecule has 4 rings (SSSR count). The quantitative estimate of drug-likeness (QED) is 0.621. The number of aromatic nitrogens is 3. The summed E-state index contributed by atoms with van der Waals surface area (Å²) in [7, 11) is 0. The molecular weight excluding hydrogens is 424 g/mol. The van der Waals surface area contributed by atoms with Gasteiger partial charge in [0.25, 0.3) is 0 Å². The molecule has 0 unspecified atom stereocenters. The molecule has 0 atom stereocenters. The van der Waals surface area contributed by atoms with E-state index in [0.717, 1.165) is 37.4 Å². The first kappa shape index (κ1) is 21.0. The predicted octanol–water partition coefficient (Wildman–Crippen LogP) is 2.13. The number of thioether (sulfide) groups is 1. The Hall–Kier alpha value is -2.26. The molecule has 1 saturated carbocycles. The van der Waals surface area contributed by atoms with Crippen molar-refractivity contribution in [1.82, 2.24) is 19.7 Å². The number of benzene rings is 1. The van der Waals surface area contributed by atoms with Crippen LogP contribution in [0.5, 0.6) is 0 Å². The number of hydrogen-bond donors (Lipinski definition) is 1. The second kappa shape index (κ2) is 9.26. The number of piperazine rings is 1. The fraction of sp³-hybridized carbons (Fsp3) is 0.500. The molecule has 2 heterocycles. The van der Waals surface area contributed by atoms with Gasteiger partial charge in [-0.15, -0.1) is 10.2 Å². The highest BCUT2D eigenvalue weighted by atomic mass is 35.5. The molecule has 10 heteroatoms. The molecule has 1 aromatic heterocycles. The van der Waals surface area contributed by atoms with Gasteiger partial charge in [-0.2, -0.15) is 0 Å². The zero-order valence-corrected chi connectivity index (χ0v) is 18.2. The molecule has 2 fully saturated rings. The van der Waals surface area contributed by atoms with Gasteiger partial charge >= 0.3 is 0 Å². The van der Waals surface area contributed by atoms with E-state index in [2.05, 4.69) is 15.1 Å². The number of hydrogen-bond acceptors (Lipinski definition) is 6. The number of anilines is 1. The van der Waals surface area contributed by atoms with Crippen LogP contribution >= 0.6 is 23.4 Å². The van der Waals surface area contributed by atoms with Gasteiger partial charge in [-0.05, 0) is 31.0 Å². The summed E-state index contributed by atoms with van der Waals surface area (Å²) in [4.78, 5) is 28.1. The van der Waals surface area contributed by atoms with Gasteiger partial charge in [0, 0.05) is 55.8 Å². The molecular formula is C20H25ClN6O2S. The van der Waals surface area contributed by atoms with Crippen molar-refractivity contribution in [3.05, 3.63) is 35.1 Å². The lowest BCUT2D eigenvalue weighted by Gasteiger charge is -2.36. The second-order valence-corrected chi connectivity index (χ2v) is 9.00. The van der Waals surface area contributed by atoms with Crippen LogP contribution < -0.4 is 10.6 Å². The number of carbonyl (C=O) groups is 2. The van der Waals surface area contributed by atoms with E-state index >= 15 is 0 Å². The predicted molar refractivity (Wildman–Crippen MR) is 117 cm³/mol. The second-order valence-electron chi connectivity index (χ2n) is 7.62. The van der Waals surface area contributed by atoms with Gasteiger partial charge in [-0.3, -0.25) is 9.59 Å². The Morgan fingerprint density at radius 1 is 1.17 bits per heavy atom. The molecule has 0 radical (unpaired) electrons. The van der Waals surface area contributed by atoms with Crippen LogP contribution in [0.2, 0.25) is 5.02 Å². The van der Waals surface area contributed by atoms with Crippen molar-refractivity contribution in [2.45, 2.75) is 36.9 Å². The highest BCUT2D eigenvalue weighted by Crippen LogP contribution is 2.40. The number of amides is 2. The van der Waals surface area contributed by atoms with Crippen LogP contribution in [0.1, 0.15) is 31.0 Å². The smallest absolute Gasteiger partial charge is 0.233 e. The number of nitrogens with two attached hydrogens (primary N) is 1. The zero-order chi connectivity index (χ0) is 21.1. The maximum Gasteiger partial charge on any atom is 0.233 e. The van der Waals surface area contributed by atoms with Crippen LogP contribution in [0, 0.1) is 0 Å². The van der Waals surface area contributed by atoms with E-state index in [9.17, 15) is 9.59 Å². The Bertz CT molecular complexity index is 924. The monoisotopic (exact) mass is 448 g/mol. The fourth-order valence-corrected chi connectivity index (χ4v) is 4.65. The highest BCUT2D eigenvalue weighted by molar-refractivity contribution is 7.99. The van der Waals surface area contributed by atoms with Gasteiger partial charge in [-0.25, -0.2) is 0 Å². The molecule has 30 heavy (non-hydrogen) atoms. The molecule has 0 spiro atoms. The van der Waals surface area contributed by atoms with Crippen molar-refractivity contribution in [2.75, 3.05) is 36.8 Å². The van der Waals surface area contributed by atoms with E-state index < -0.39 is 0 Å². The van der Waals surface area contributed by atoms with Gasteiger partial charge in [-0.1, -0.05) is 29.4 Å². The van der Waals surface area contributed by atoms with Crippen LogP contribution in [0.4, 0.5) is 5.69 Å². The number of carbonyl (C=O) groups excluding carboxylic acids is 2. The molecule has 1 aliphatic heterocycles. The van der Waals surface area contributed by atoms with Crippen LogP contribution in [0.15, 0.2) is 29.4 Å². The Kier molecular flexibility index (Phi) is 6.48. The average molecular weight is 449 g/mol. The van der Waals surface area contributed by atoms with Gasteiger partial charge in [0.1, 0.15) is 5.82 Å². The topological polar surface area (TPSA) is 97.3 Å². The Morgan fingerprint density at radius 3 is 2.60 bits per heavy atom. The molecule has 2 aliphatic rings. The highest BCUT2D eigenvalue weighted by Gasteiger charge is 2.31. The SMILES string of the molecule is NC(=O)CCn1c(SCC(=O)N2CCN(c3cccc(Cl)c3)CC2)nnc1C1CC1. The van der Waals surface area contributed by atoms with E-state index in [-0.39, 0.29) is 18.2 Å². The molecule has 0 bridgehead atoms. The summed E-state index contributed by atoms with van der Waals surface area (Å²) in [5, 5.41) is 9.96. The summed E-state index contributed by atoms with van der Waals surface area (Å²) in [6.45, 7) is 3.36. The van der Waals surface area contributed by atoms with Crippen molar-refractivity contribution in [2.24, 2.45) is 5.73 Å². The first-order valence-corrected chi connectivity index (χ1v) is 11.5. The van der Waals surface area contributed by atoms with Gasteiger partial charge in [0.05, 0.1) is 5.75 Å². The number of rotatable bonds is 8. The molecule has 8 nitrogen and oxygen atoms in total. The van der Waals surface area contributed by atoms with E-state index in [4.69, 9.17) is 17.3 Å². The summed E-state index contributed by atoms with van der Waals surface area (Å²) in [5.41, 5.74) is 6.39. The third kappa shape index (κ3) is 5.07. The maximum atomic E-state index is 12.7. The summed E-state index contributed by atoms with van der Waals surface area (Å²) < 4.78 is 1.96. The van der Waals surface area contributed by atoms with Crippen molar-refractivity contribution >= 4 is 40.9 Å². The van der Waals surface area contributed by atoms with E-state index in [1.807, 2.05) is 33.7 Å². The molecule has 2 N–H and O–H groups in total. The molecule has 2 amide bonds. The standard InChI is InChI=1S/C20H25ClN6O2S/c21-15-2-1-3-16(12-15)25-8-10-26(11-9-25)18(29)13-30-20-24-23-19(14-4-5-14)27(20)7-6-17(22)28/h1-3,12,14H,4-11,13H2,(H2,22,28). The molecule has 1 aromatic carbocycles. The van der Waals surface area contributed by atoms with Crippen LogP contribution in [0.25, 0.3) is 0 Å². The van der Waals surface area contributed by atoms with Crippen LogP contribution in [-0.2, 0) is 16.1 Å². The van der Waals surface area contributed by atoms with Crippen molar-refractivity contribution < 1.29 is 9.59 Å². The third-order valence-electron chi connectivity index (χ3n) is 5.40. The van der Waals surface area contributed by atoms with Crippen molar-refractivity contribution in [1.29, 1.82) is 0 Å². The minimum atomic E-state index is -0.352. The summed E-state index contributed by atoms with van der Waals surface area (Å²) >= 11 is 7.47. The Morgan fingerprint density at radius 2 is 1.93 bits per heavy atom. The van der Waals surface area contributed by atoms with Crippen molar-refractivity contribution in [3.8, 4) is 0 Å². The lowest BCUT2D eigenvalue weighted by molar-refractivity contribution is -0.128.